The third kappa shape index (κ3) is 1.89. The van der Waals surface area contributed by atoms with Crippen LogP contribution in [0.1, 0.15) is 5.69 Å². The lowest BCUT2D eigenvalue weighted by molar-refractivity contribution is 0.864. The van der Waals surface area contributed by atoms with Crippen molar-refractivity contribution in [1.82, 2.24) is 9.97 Å². The Hall–Kier alpha value is -0.765. The molecule has 1 atom stereocenters. The van der Waals surface area contributed by atoms with Gasteiger partial charge in [-0.05, 0) is 12.4 Å². The minimum atomic E-state index is -0.287. The zero-order valence-electron chi connectivity index (χ0n) is 5.04. The van der Waals surface area contributed by atoms with E-state index >= 15 is 0 Å². The smallest absolute Gasteiger partial charge is 0.0921 e. The quantitative estimate of drug-likeness (QED) is 0.513. The van der Waals surface area contributed by atoms with E-state index in [2.05, 4.69) is 9.97 Å². The van der Waals surface area contributed by atoms with Gasteiger partial charge < -0.3 is 10.7 Å². The Morgan fingerprint density at radius 3 is 3.11 bits per heavy atom. The van der Waals surface area contributed by atoms with E-state index in [1.807, 2.05) is 0 Å². The molecule has 0 aliphatic heterocycles. The highest BCUT2D eigenvalue weighted by molar-refractivity contribution is 6.11. The fraction of sp³-hybridized carbons (Fsp3) is 0.400. The molecule has 3 N–H and O–H groups in total. The van der Waals surface area contributed by atoms with E-state index in [1.54, 1.807) is 12.5 Å². The Kier molecular flexibility index (Phi) is 1.90. The molecule has 0 fully saturated rings. The fourth-order valence-corrected chi connectivity index (χ4v) is 0.650. The summed E-state index contributed by atoms with van der Waals surface area (Å²) in [5.74, 6) is -0.287. The largest absolute Gasteiger partial charge is 0.348 e. The first-order valence-electron chi connectivity index (χ1n) is 2.77. The van der Waals surface area contributed by atoms with Gasteiger partial charge in [-0.3, -0.25) is 0 Å². The summed E-state index contributed by atoms with van der Waals surface area (Å²) in [4.78, 5) is 6.71. The van der Waals surface area contributed by atoms with Crippen LogP contribution < -0.4 is 5.73 Å². The number of imidazole rings is 1. The molecule has 2 radical (unpaired) electrons. The van der Waals surface area contributed by atoms with E-state index in [4.69, 9.17) is 13.6 Å². The highest BCUT2D eigenvalue weighted by Gasteiger charge is 1.95. The summed E-state index contributed by atoms with van der Waals surface area (Å²) in [7, 11) is 5.31. The molecule has 1 rings (SSSR count). The van der Waals surface area contributed by atoms with E-state index < -0.39 is 0 Å². The molecule has 0 unspecified atom stereocenters. The fourth-order valence-electron chi connectivity index (χ4n) is 0.650. The first-order chi connectivity index (χ1) is 4.29. The molecule has 9 heavy (non-hydrogen) atoms. The maximum absolute atomic E-state index is 5.31. The Morgan fingerprint density at radius 1 is 1.89 bits per heavy atom. The molecule has 0 amide bonds. The molecule has 3 nitrogen and oxygen atoms in total. The first-order valence-corrected chi connectivity index (χ1v) is 2.77. The lowest BCUT2D eigenvalue weighted by Crippen LogP contribution is -2.22. The van der Waals surface area contributed by atoms with Crippen molar-refractivity contribution in [2.75, 3.05) is 0 Å². The zero-order chi connectivity index (χ0) is 6.69. The summed E-state index contributed by atoms with van der Waals surface area (Å²) in [5, 5.41) is 0. The second kappa shape index (κ2) is 2.68. The Morgan fingerprint density at radius 2 is 2.67 bits per heavy atom. The van der Waals surface area contributed by atoms with Gasteiger partial charge in [-0.25, -0.2) is 4.98 Å². The SMILES string of the molecule is [B][C@@H](N)Cc1cnc[nH]1. The molecular formula is C5H8BN3. The average molecular weight is 121 g/mol. The van der Waals surface area contributed by atoms with Crippen molar-refractivity contribution < 1.29 is 0 Å². The van der Waals surface area contributed by atoms with Gasteiger partial charge in [0.1, 0.15) is 0 Å². The second-order valence-corrected chi connectivity index (χ2v) is 1.94. The third-order valence-corrected chi connectivity index (χ3v) is 1.01. The minimum absolute atomic E-state index is 0.287. The summed E-state index contributed by atoms with van der Waals surface area (Å²) >= 11 is 0. The molecule has 1 heterocycles. The summed E-state index contributed by atoms with van der Waals surface area (Å²) in [5.41, 5.74) is 6.29. The van der Waals surface area contributed by atoms with E-state index in [0.29, 0.717) is 6.42 Å². The summed E-state index contributed by atoms with van der Waals surface area (Å²) in [6.07, 6.45) is 3.98. The van der Waals surface area contributed by atoms with Gasteiger partial charge in [0.15, 0.2) is 0 Å². The number of nitrogens with zero attached hydrogens (tertiary/aromatic N) is 1. The van der Waals surface area contributed by atoms with E-state index in [-0.39, 0.29) is 5.94 Å². The highest BCUT2D eigenvalue weighted by atomic mass is 14.9. The molecule has 46 valence electrons. The molecule has 0 bridgehead atoms. The maximum Gasteiger partial charge on any atom is 0.0921 e. The van der Waals surface area contributed by atoms with Crippen LogP contribution in [-0.2, 0) is 6.42 Å². The van der Waals surface area contributed by atoms with Gasteiger partial charge in [0.25, 0.3) is 0 Å². The van der Waals surface area contributed by atoms with Crippen LogP contribution >= 0.6 is 0 Å². The molecule has 1 aromatic heterocycles. The highest BCUT2D eigenvalue weighted by Crippen LogP contribution is 1.92. The summed E-state index contributed by atoms with van der Waals surface area (Å²) < 4.78 is 0. The Bertz CT molecular complexity index is 159. The van der Waals surface area contributed by atoms with Crippen LogP contribution in [0.15, 0.2) is 12.5 Å². The van der Waals surface area contributed by atoms with Crippen molar-refractivity contribution in [3.05, 3.63) is 18.2 Å². The predicted octanol–water partition coefficient (Wildman–Crippen LogP) is -0.595. The van der Waals surface area contributed by atoms with Gasteiger partial charge in [-0.2, -0.15) is 0 Å². The lowest BCUT2D eigenvalue weighted by atomic mass is 9.93. The van der Waals surface area contributed by atoms with E-state index in [1.165, 1.54) is 0 Å². The van der Waals surface area contributed by atoms with Gasteiger partial charge in [-0.15, -0.1) is 0 Å². The van der Waals surface area contributed by atoms with Gasteiger partial charge in [0, 0.05) is 11.9 Å². The Labute approximate surface area is 55.1 Å². The lowest BCUT2D eigenvalue weighted by Gasteiger charge is -1.99. The first kappa shape index (κ1) is 6.36. The summed E-state index contributed by atoms with van der Waals surface area (Å²) in [6.45, 7) is 0. The molecule has 0 saturated carbocycles. The van der Waals surface area contributed by atoms with Crippen molar-refractivity contribution in [1.29, 1.82) is 0 Å². The third-order valence-electron chi connectivity index (χ3n) is 1.01. The van der Waals surface area contributed by atoms with Crippen LogP contribution in [0, 0.1) is 0 Å². The molecular weight excluding hydrogens is 113 g/mol. The van der Waals surface area contributed by atoms with Gasteiger partial charge in [0.2, 0.25) is 0 Å². The van der Waals surface area contributed by atoms with Crippen molar-refractivity contribution in [3.8, 4) is 0 Å². The number of hydrogen-bond acceptors (Lipinski definition) is 2. The zero-order valence-corrected chi connectivity index (χ0v) is 5.04. The van der Waals surface area contributed by atoms with Crippen LogP contribution in [-0.4, -0.2) is 23.8 Å². The summed E-state index contributed by atoms with van der Waals surface area (Å²) in [6, 6.07) is 0. The molecule has 0 aliphatic carbocycles. The van der Waals surface area contributed by atoms with Crippen LogP contribution in [0.4, 0.5) is 0 Å². The molecule has 0 spiro atoms. The molecule has 0 aromatic carbocycles. The van der Waals surface area contributed by atoms with Gasteiger partial charge in [0.05, 0.1) is 14.2 Å². The predicted molar refractivity (Wildman–Crippen MR) is 36.0 cm³/mol. The monoisotopic (exact) mass is 121 g/mol. The van der Waals surface area contributed by atoms with Gasteiger partial charge >= 0.3 is 0 Å². The van der Waals surface area contributed by atoms with Crippen molar-refractivity contribution in [3.63, 3.8) is 0 Å². The number of nitrogens with two attached hydrogens (primary N) is 1. The number of nitrogens with one attached hydrogen (secondary N) is 1. The number of rotatable bonds is 2. The van der Waals surface area contributed by atoms with Crippen LogP contribution in [0.3, 0.4) is 0 Å². The van der Waals surface area contributed by atoms with Crippen molar-refractivity contribution in [2.24, 2.45) is 5.73 Å². The number of aromatic amines is 1. The molecule has 0 saturated heterocycles. The van der Waals surface area contributed by atoms with Crippen LogP contribution in [0.2, 0.25) is 0 Å². The van der Waals surface area contributed by atoms with E-state index in [0.717, 1.165) is 5.69 Å². The van der Waals surface area contributed by atoms with Crippen molar-refractivity contribution >= 4 is 7.85 Å². The van der Waals surface area contributed by atoms with E-state index in [9.17, 15) is 0 Å². The molecule has 1 aromatic rings. The number of hydrogen-bond donors (Lipinski definition) is 2. The average Bonchev–Trinajstić information content (AvgIpc) is 2.15. The van der Waals surface area contributed by atoms with Crippen LogP contribution in [0.25, 0.3) is 0 Å². The standard InChI is InChI=1S/C5H8BN3/c6-5(7)1-4-2-8-3-9-4/h2-3,5H,1,7H2,(H,8,9)/t5-/m0/s1. The van der Waals surface area contributed by atoms with Crippen LogP contribution in [0.5, 0.6) is 0 Å². The molecule has 0 aliphatic rings. The maximum atomic E-state index is 5.31. The number of aromatic nitrogens is 2. The number of H-pyrrole nitrogens is 1. The topological polar surface area (TPSA) is 54.7 Å². The second-order valence-electron chi connectivity index (χ2n) is 1.94. The minimum Gasteiger partial charge on any atom is -0.348 e. The Balaban J connectivity index is 2.48. The van der Waals surface area contributed by atoms with Crippen molar-refractivity contribution in [2.45, 2.75) is 12.4 Å². The normalized spacial score (nSPS) is 13.4. The van der Waals surface area contributed by atoms with Gasteiger partial charge in [-0.1, -0.05) is 0 Å². The molecule has 4 heteroatoms.